The highest BCUT2D eigenvalue weighted by Crippen LogP contribution is 2.21. The maximum atomic E-state index is 6.11. The number of nitrogens with zero attached hydrogens (tertiary/aromatic N) is 2. The molecule has 2 heterocycles. The van der Waals surface area contributed by atoms with E-state index in [2.05, 4.69) is 29.1 Å². The molecule has 21 heavy (non-hydrogen) atoms. The maximum absolute atomic E-state index is 6.11. The zero-order valence-electron chi connectivity index (χ0n) is 12.6. The van der Waals surface area contributed by atoms with Crippen molar-refractivity contribution in [2.24, 2.45) is 5.92 Å². The smallest absolute Gasteiger partial charge is 0.128 e. The number of aromatic nitrogens is 1. The molecule has 112 valence electrons. The SMILES string of the molecule is CN(Cc1cc2ccccc2nc1N)CC1CCOCC1. The third-order valence-electron chi connectivity index (χ3n) is 4.19. The Morgan fingerprint density at radius 3 is 2.86 bits per heavy atom. The molecule has 1 saturated heterocycles. The average molecular weight is 285 g/mol. The quantitative estimate of drug-likeness (QED) is 0.938. The van der Waals surface area contributed by atoms with Gasteiger partial charge < -0.3 is 15.4 Å². The van der Waals surface area contributed by atoms with E-state index < -0.39 is 0 Å². The van der Waals surface area contributed by atoms with Gasteiger partial charge in [-0.25, -0.2) is 4.98 Å². The van der Waals surface area contributed by atoms with Crippen molar-refractivity contribution < 1.29 is 4.74 Å². The highest BCUT2D eigenvalue weighted by atomic mass is 16.5. The fourth-order valence-corrected chi connectivity index (χ4v) is 3.03. The average Bonchev–Trinajstić information content (AvgIpc) is 2.49. The van der Waals surface area contributed by atoms with E-state index in [1.807, 2.05) is 18.2 Å². The summed E-state index contributed by atoms with van der Waals surface area (Å²) in [6, 6.07) is 10.3. The molecule has 2 N–H and O–H groups in total. The van der Waals surface area contributed by atoms with Gasteiger partial charge in [0.05, 0.1) is 5.52 Å². The molecular weight excluding hydrogens is 262 g/mol. The molecular formula is C17H23N3O. The number of hydrogen-bond acceptors (Lipinski definition) is 4. The Bertz CT molecular complexity index is 608. The Hall–Kier alpha value is -1.65. The summed E-state index contributed by atoms with van der Waals surface area (Å²) in [6.45, 7) is 3.74. The number of fused-ring (bicyclic) bond motifs is 1. The van der Waals surface area contributed by atoms with Gasteiger partial charge >= 0.3 is 0 Å². The van der Waals surface area contributed by atoms with Gasteiger partial charge in [-0.2, -0.15) is 0 Å². The van der Waals surface area contributed by atoms with Crippen molar-refractivity contribution in [3.8, 4) is 0 Å². The van der Waals surface area contributed by atoms with Crippen LogP contribution in [0.4, 0.5) is 5.82 Å². The van der Waals surface area contributed by atoms with Crippen LogP contribution in [-0.4, -0.2) is 36.7 Å². The van der Waals surface area contributed by atoms with E-state index in [4.69, 9.17) is 10.5 Å². The minimum absolute atomic E-state index is 0.646. The summed E-state index contributed by atoms with van der Waals surface area (Å²) in [6.07, 6.45) is 2.32. The van der Waals surface area contributed by atoms with E-state index >= 15 is 0 Å². The zero-order valence-corrected chi connectivity index (χ0v) is 12.6. The number of ether oxygens (including phenoxy) is 1. The van der Waals surface area contributed by atoms with Crippen molar-refractivity contribution in [3.63, 3.8) is 0 Å². The predicted molar refractivity (Wildman–Crippen MR) is 86.0 cm³/mol. The van der Waals surface area contributed by atoms with Crippen LogP contribution in [-0.2, 0) is 11.3 Å². The molecule has 0 spiro atoms. The maximum Gasteiger partial charge on any atom is 0.128 e. The lowest BCUT2D eigenvalue weighted by Gasteiger charge is -2.27. The molecule has 0 unspecified atom stereocenters. The van der Waals surface area contributed by atoms with Crippen LogP contribution in [0.3, 0.4) is 0 Å². The van der Waals surface area contributed by atoms with Gasteiger partial charge in [0.15, 0.2) is 0 Å². The lowest BCUT2D eigenvalue weighted by molar-refractivity contribution is 0.0550. The standard InChI is InChI=1S/C17H23N3O/c1-20(11-13-6-8-21-9-7-13)12-15-10-14-4-2-3-5-16(14)19-17(15)18/h2-5,10,13H,6-9,11-12H2,1H3,(H2,18,19). The number of pyridine rings is 1. The summed E-state index contributed by atoms with van der Waals surface area (Å²) in [5.41, 5.74) is 8.19. The Morgan fingerprint density at radius 1 is 1.29 bits per heavy atom. The van der Waals surface area contributed by atoms with Gasteiger partial charge in [0, 0.05) is 37.3 Å². The van der Waals surface area contributed by atoms with Crippen molar-refractivity contribution in [3.05, 3.63) is 35.9 Å². The molecule has 4 nitrogen and oxygen atoms in total. The third-order valence-corrected chi connectivity index (χ3v) is 4.19. The summed E-state index contributed by atoms with van der Waals surface area (Å²) in [4.78, 5) is 6.85. The first-order chi connectivity index (χ1) is 10.2. The van der Waals surface area contributed by atoms with Gasteiger partial charge in [0.1, 0.15) is 5.82 Å². The van der Waals surface area contributed by atoms with Crippen molar-refractivity contribution in [1.82, 2.24) is 9.88 Å². The van der Waals surface area contributed by atoms with Crippen LogP contribution in [0.2, 0.25) is 0 Å². The molecule has 0 saturated carbocycles. The fraction of sp³-hybridized carbons (Fsp3) is 0.471. The highest BCUT2D eigenvalue weighted by Gasteiger charge is 2.16. The first kappa shape index (κ1) is 14.3. The Labute approximate surface area is 125 Å². The van der Waals surface area contributed by atoms with Gasteiger partial charge in [-0.3, -0.25) is 0 Å². The summed E-state index contributed by atoms with van der Waals surface area (Å²) in [7, 11) is 2.16. The highest BCUT2D eigenvalue weighted by molar-refractivity contribution is 5.81. The molecule has 4 heteroatoms. The van der Waals surface area contributed by atoms with Gasteiger partial charge in [-0.05, 0) is 37.9 Å². The number of anilines is 1. The number of hydrogen-bond donors (Lipinski definition) is 1. The lowest BCUT2D eigenvalue weighted by Crippen LogP contribution is -2.29. The van der Waals surface area contributed by atoms with Crippen molar-refractivity contribution >= 4 is 16.7 Å². The number of nitrogen functional groups attached to an aromatic ring is 1. The molecule has 2 aromatic rings. The third kappa shape index (κ3) is 3.52. The van der Waals surface area contributed by atoms with E-state index in [1.165, 1.54) is 0 Å². The van der Waals surface area contributed by atoms with Crippen molar-refractivity contribution in [2.45, 2.75) is 19.4 Å². The van der Waals surface area contributed by atoms with Crippen LogP contribution in [0.1, 0.15) is 18.4 Å². The second-order valence-electron chi connectivity index (χ2n) is 5.98. The van der Waals surface area contributed by atoms with E-state index in [1.54, 1.807) is 0 Å². The van der Waals surface area contributed by atoms with Crippen LogP contribution >= 0.6 is 0 Å². The number of benzene rings is 1. The van der Waals surface area contributed by atoms with E-state index in [0.29, 0.717) is 5.82 Å². The zero-order chi connectivity index (χ0) is 14.7. The normalized spacial score (nSPS) is 16.7. The van der Waals surface area contributed by atoms with Crippen LogP contribution in [0.5, 0.6) is 0 Å². The Balaban J connectivity index is 1.70. The second kappa shape index (κ2) is 6.41. The monoisotopic (exact) mass is 285 g/mol. The fourth-order valence-electron chi connectivity index (χ4n) is 3.03. The summed E-state index contributed by atoms with van der Waals surface area (Å²) >= 11 is 0. The molecule has 0 bridgehead atoms. The van der Waals surface area contributed by atoms with Crippen LogP contribution in [0.15, 0.2) is 30.3 Å². The summed E-state index contributed by atoms with van der Waals surface area (Å²) in [5, 5.41) is 1.15. The van der Waals surface area contributed by atoms with Crippen LogP contribution in [0.25, 0.3) is 10.9 Å². The minimum atomic E-state index is 0.646. The predicted octanol–water partition coefficient (Wildman–Crippen LogP) is 2.68. The lowest BCUT2D eigenvalue weighted by atomic mass is 9.99. The first-order valence-electron chi connectivity index (χ1n) is 7.63. The van der Waals surface area contributed by atoms with Crippen LogP contribution in [0, 0.1) is 5.92 Å². The number of nitrogens with two attached hydrogens (primary N) is 1. The molecule has 3 rings (SSSR count). The molecule has 1 aromatic heterocycles. The van der Waals surface area contributed by atoms with E-state index in [0.717, 1.165) is 61.5 Å². The topological polar surface area (TPSA) is 51.4 Å². The van der Waals surface area contributed by atoms with Crippen molar-refractivity contribution in [2.75, 3.05) is 32.5 Å². The number of rotatable bonds is 4. The molecule has 1 aliphatic rings. The molecule has 0 atom stereocenters. The first-order valence-corrected chi connectivity index (χ1v) is 7.63. The van der Waals surface area contributed by atoms with Gasteiger partial charge in [0.25, 0.3) is 0 Å². The van der Waals surface area contributed by atoms with Gasteiger partial charge in [0.2, 0.25) is 0 Å². The minimum Gasteiger partial charge on any atom is -0.383 e. The molecule has 1 aromatic carbocycles. The van der Waals surface area contributed by atoms with Crippen molar-refractivity contribution in [1.29, 1.82) is 0 Å². The second-order valence-corrected chi connectivity index (χ2v) is 5.98. The van der Waals surface area contributed by atoms with Gasteiger partial charge in [-0.15, -0.1) is 0 Å². The molecule has 1 fully saturated rings. The molecule has 1 aliphatic heterocycles. The largest absolute Gasteiger partial charge is 0.383 e. The summed E-state index contributed by atoms with van der Waals surface area (Å²) in [5.74, 6) is 1.38. The Morgan fingerprint density at radius 2 is 2.05 bits per heavy atom. The Kier molecular flexibility index (Phi) is 4.36. The molecule has 0 amide bonds. The molecule has 0 aliphatic carbocycles. The summed E-state index contributed by atoms with van der Waals surface area (Å²) < 4.78 is 5.42. The van der Waals surface area contributed by atoms with Gasteiger partial charge in [-0.1, -0.05) is 18.2 Å². The molecule has 0 radical (unpaired) electrons. The number of para-hydroxylation sites is 1. The van der Waals surface area contributed by atoms with E-state index in [9.17, 15) is 0 Å². The van der Waals surface area contributed by atoms with E-state index in [-0.39, 0.29) is 0 Å². The van der Waals surface area contributed by atoms with Crippen LogP contribution < -0.4 is 5.73 Å².